The Kier molecular flexibility index (Phi) is 3.96. The molecule has 6 nitrogen and oxygen atoms in total. The van der Waals surface area contributed by atoms with Crippen molar-refractivity contribution in [1.82, 2.24) is 20.3 Å². The Bertz CT molecular complexity index is 612. The summed E-state index contributed by atoms with van der Waals surface area (Å²) in [4.78, 5) is 12.0. The first kappa shape index (κ1) is 13.8. The van der Waals surface area contributed by atoms with Crippen molar-refractivity contribution >= 4 is 5.91 Å². The first-order valence-electron chi connectivity index (χ1n) is 7.13. The standard InChI is InChI=1S/C15H18N4O2/c20-13-10-11-4-1-2-5-12(11)15(13)17-14(21)6-3-8-19-9-7-16-18-19/h1-2,4-5,7,9,13,15,20H,3,6,8,10H2,(H,17,21). The van der Waals surface area contributed by atoms with Gasteiger partial charge in [-0.05, 0) is 17.5 Å². The second-order valence-corrected chi connectivity index (χ2v) is 5.29. The molecule has 3 rings (SSSR count). The largest absolute Gasteiger partial charge is 0.390 e. The molecule has 0 aliphatic heterocycles. The molecule has 0 saturated heterocycles. The van der Waals surface area contributed by atoms with E-state index < -0.39 is 6.10 Å². The van der Waals surface area contributed by atoms with Gasteiger partial charge in [0, 0.05) is 25.6 Å². The maximum absolute atomic E-state index is 12.0. The van der Waals surface area contributed by atoms with Gasteiger partial charge in [0.15, 0.2) is 0 Å². The van der Waals surface area contributed by atoms with Crippen molar-refractivity contribution in [3.05, 3.63) is 47.8 Å². The van der Waals surface area contributed by atoms with E-state index in [1.54, 1.807) is 17.1 Å². The van der Waals surface area contributed by atoms with E-state index >= 15 is 0 Å². The third kappa shape index (κ3) is 3.11. The molecule has 6 heteroatoms. The fourth-order valence-corrected chi connectivity index (χ4v) is 2.75. The molecule has 2 aromatic rings. The van der Waals surface area contributed by atoms with Gasteiger partial charge in [0.05, 0.1) is 18.3 Å². The van der Waals surface area contributed by atoms with Crippen molar-refractivity contribution in [1.29, 1.82) is 0 Å². The van der Waals surface area contributed by atoms with Crippen LogP contribution in [0.5, 0.6) is 0 Å². The van der Waals surface area contributed by atoms with Gasteiger partial charge in [-0.15, -0.1) is 5.10 Å². The van der Waals surface area contributed by atoms with Gasteiger partial charge in [-0.1, -0.05) is 29.5 Å². The Labute approximate surface area is 122 Å². The number of aryl methyl sites for hydroxylation is 1. The van der Waals surface area contributed by atoms with Gasteiger partial charge >= 0.3 is 0 Å². The van der Waals surface area contributed by atoms with Crippen LogP contribution in [0, 0.1) is 0 Å². The number of amides is 1. The topological polar surface area (TPSA) is 80.0 Å². The summed E-state index contributed by atoms with van der Waals surface area (Å²) < 4.78 is 1.70. The van der Waals surface area contributed by atoms with Crippen LogP contribution in [0.4, 0.5) is 0 Å². The summed E-state index contributed by atoms with van der Waals surface area (Å²) in [5.41, 5.74) is 2.13. The number of nitrogens with one attached hydrogen (secondary N) is 1. The predicted octanol–water partition coefficient (Wildman–Crippen LogP) is 0.833. The number of aromatic nitrogens is 3. The number of carbonyl (C=O) groups excluding carboxylic acids is 1. The third-order valence-electron chi connectivity index (χ3n) is 3.78. The van der Waals surface area contributed by atoms with Gasteiger partial charge < -0.3 is 10.4 Å². The number of hydrogen-bond donors (Lipinski definition) is 2. The van der Waals surface area contributed by atoms with Crippen LogP contribution in [-0.2, 0) is 17.8 Å². The SMILES string of the molecule is O=C(CCCn1ccnn1)NC1c2ccccc2CC1O. The molecule has 2 N–H and O–H groups in total. The molecule has 110 valence electrons. The lowest BCUT2D eigenvalue weighted by molar-refractivity contribution is -0.122. The molecule has 0 saturated carbocycles. The Hall–Kier alpha value is -2.21. The van der Waals surface area contributed by atoms with Crippen LogP contribution in [0.1, 0.15) is 30.0 Å². The van der Waals surface area contributed by atoms with E-state index in [2.05, 4.69) is 15.6 Å². The van der Waals surface area contributed by atoms with Crippen LogP contribution in [0.3, 0.4) is 0 Å². The molecule has 1 aliphatic carbocycles. The van der Waals surface area contributed by atoms with E-state index in [4.69, 9.17) is 0 Å². The number of aliphatic hydroxyl groups excluding tert-OH is 1. The Morgan fingerprint density at radius 1 is 1.43 bits per heavy atom. The molecular weight excluding hydrogens is 268 g/mol. The number of rotatable bonds is 5. The smallest absolute Gasteiger partial charge is 0.220 e. The molecule has 0 spiro atoms. The third-order valence-corrected chi connectivity index (χ3v) is 3.78. The summed E-state index contributed by atoms with van der Waals surface area (Å²) >= 11 is 0. The normalized spacial score (nSPS) is 20.2. The molecule has 0 fully saturated rings. The summed E-state index contributed by atoms with van der Waals surface area (Å²) in [6, 6.07) is 7.55. The summed E-state index contributed by atoms with van der Waals surface area (Å²) in [5.74, 6) is -0.0455. The number of carbonyl (C=O) groups is 1. The predicted molar refractivity (Wildman–Crippen MR) is 76.3 cm³/mol. The molecule has 21 heavy (non-hydrogen) atoms. The summed E-state index contributed by atoms with van der Waals surface area (Å²) in [5, 5.41) is 20.6. The van der Waals surface area contributed by atoms with Gasteiger partial charge in [0.2, 0.25) is 5.91 Å². The first-order valence-corrected chi connectivity index (χ1v) is 7.13. The van der Waals surface area contributed by atoms with Gasteiger partial charge in [-0.3, -0.25) is 9.48 Å². The van der Waals surface area contributed by atoms with Crippen LogP contribution < -0.4 is 5.32 Å². The van der Waals surface area contributed by atoms with Crippen molar-refractivity contribution in [2.45, 2.75) is 38.0 Å². The van der Waals surface area contributed by atoms with E-state index in [1.165, 1.54) is 0 Å². The lowest BCUT2D eigenvalue weighted by Crippen LogP contribution is -2.33. The van der Waals surface area contributed by atoms with Gasteiger partial charge in [0.1, 0.15) is 0 Å². The highest BCUT2D eigenvalue weighted by Crippen LogP contribution is 2.31. The maximum atomic E-state index is 12.0. The van der Waals surface area contributed by atoms with Gasteiger partial charge in [-0.25, -0.2) is 0 Å². The van der Waals surface area contributed by atoms with Crippen molar-refractivity contribution in [3.8, 4) is 0 Å². The Morgan fingerprint density at radius 2 is 2.29 bits per heavy atom. The molecular formula is C15H18N4O2. The van der Waals surface area contributed by atoms with Crippen LogP contribution >= 0.6 is 0 Å². The fourth-order valence-electron chi connectivity index (χ4n) is 2.75. The number of benzene rings is 1. The molecule has 1 aliphatic rings. The molecule has 1 heterocycles. The lowest BCUT2D eigenvalue weighted by Gasteiger charge is -2.17. The van der Waals surface area contributed by atoms with Crippen molar-refractivity contribution in [2.24, 2.45) is 0 Å². The number of hydrogen-bond acceptors (Lipinski definition) is 4. The van der Waals surface area contributed by atoms with Gasteiger partial charge in [-0.2, -0.15) is 0 Å². The first-order chi connectivity index (χ1) is 10.2. The van der Waals surface area contributed by atoms with E-state index in [9.17, 15) is 9.90 Å². The van der Waals surface area contributed by atoms with Crippen molar-refractivity contribution in [2.75, 3.05) is 0 Å². The van der Waals surface area contributed by atoms with E-state index in [0.717, 1.165) is 11.1 Å². The summed E-state index contributed by atoms with van der Waals surface area (Å²) in [6.45, 7) is 0.664. The van der Waals surface area contributed by atoms with Crippen LogP contribution in [0.2, 0.25) is 0 Å². The molecule has 1 aromatic heterocycles. The molecule has 2 unspecified atom stereocenters. The summed E-state index contributed by atoms with van der Waals surface area (Å²) in [7, 11) is 0. The molecule has 2 atom stereocenters. The Balaban J connectivity index is 1.53. The van der Waals surface area contributed by atoms with Crippen molar-refractivity contribution in [3.63, 3.8) is 0 Å². The minimum Gasteiger partial charge on any atom is -0.390 e. The van der Waals surface area contributed by atoms with Crippen LogP contribution in [0.25, 0.3) is 0 Å². The summed E-state index contributed by atoms with van der Waals surface area (Å²) in [6.07, 6.45) is 4.55. The highest BCUT2D eigenvalue weighted by atomic mass is 16.3. The van der Waals surface area contributed by atoms with Crippen LogP contribution in [-0.4, -0.2) is 32.1 Å². The van der Waals surface area contributed by atoms with Gasteiger partial charge in [0.25, 0.3) is 0 Å². The number of aliphatic hydroxyl groups is 1. The van der Waals surface area contributed by atoms with E-state index in [1.807, 2.05) is 24.3 Å². The molecule has 1 amide bonds. The van der Waals surface area contributed by atoms with Crippen LogP contribution in [0.15, 0.2) is 36.7 Å². The zero-order valence-electron chi connectivity index (χ0n) is 11.6. The molecule has 1 aromatic carbocycles. The average molecular weight is 286 g/mol. The zero-order valence-corrected chi connectivity index (χ0v) is 11.6. The second-order valence-electron chi connectivity index (χ2n) is 5.29. The average Bonchev–Trinajstić information content (AvgIpc) is 3.08. The van der Waals surface area contributed by atoms with E-state index in [-0.39, 0.29) is 11.9 Å². The number of nitrogens with zero attached hydrogens (tertiary/aromatic N) is 3. The monoisotopic (exact) mass is 286 g/mol. The quantitative estimate of drug-likeness (QED) is 0.853. The highest BCUT2D eigenvalue weighted by Gasteiger charge is 2.31. The number of fused-ring (bicyclic) bond motifs is 1. The highest BCUT2D eigenvalue weighted by molar-refractivity contribution is 5.76. The minimum atomic E-state index is -0.540. The second kappa shape index (κ2) is 6.05. The van der Waals surface area contributed by atoms with E-state index in [0.29, 0.717) is 25.8 Å². The zero-order chi connectivity index (χ0) is 14.7. The Morgan fingerprint density at radius 3 is 3.10 bits per heavy atom. The molecule has 0 radical (unpaired) electrons. The van der Waals surface area contributed by atoms with Crippen molar-refractivity contribution < 1.29 is 9.90 Å². The maximum Gasteiger partial charge on any atom is 0.220 e. The molecule has 0 bridgehead atoms. The minimum absolute atomic E-state index is 0.0455. The lowest BCUT2D eigenvalue weighted by atomic mass is 10.1. The fraction of sp³-hybridized carbons (Fsp3) is 0.400.